The van der Waals surface area contributed by atoms with E-state index in [0.29, 0.717) is 11.8 Å². The van der Waals surface area contributed by atoms with E-state index < -0.39 is 11.6 Å². The molecule has 1 aromatic rings. The van der Waals surface area contributed by atoms with Crippen LogP contribution in [0.3, 0.4) is 0 Å². The van der Waals surface area contributed by atoms with Gasteiger partial charge in [0.15, 0.2) is 17.4 Å². The third kappa shape index (κ3) is 5.20. The van der Waals surface area contributed by atoms with Gasteiger partial charge in [0, 0.05) is 18.7 Å². The minimum absolute atomic E-state index is 0.171. The van der Waals surface area contributed by atoms with Gasteiger partial charge in [-0.15, -0.1) is 0 Å². The number of hydrogen-bond donors (Lipinski definition) is 0. The molecule has 1 rings (SSSR count). The number of hydrogen-bond acceptors (Lipinski definition) is 2. The zero-order chi connectivity index (χ0) is 16.2. The summed E-state index contributed by atoms with van der Waals surface area (Å²) in [5.41, 5.74) is 0.221. The molecule has 118 valence electrons. The molecular weight excluding hydrogens is 272 g/mol. The summed E-state index contributed by atoms with van der Waals surface area (Å²) in [6.45, 7) is 11.8. The molecule has 0 aliphatic rings. The minimum Gasteiger partial charge on any atom is -0.293 e. The van der Waals surface area contributed by atoms with E-state index in [0.717, 1.165) is 25.2 Å². The molecule has 0 bridgehead atoms. The van der Waals surface area contributed by atoms with Crippen LogP contribution in [0.5, 0.6) is 0 Å². The maximum absolute atomic E-state index is 13.3. The van der Waals surface area contributed by atoms with Crippen molar-refractivity contribution in [2.75, 3.05) is 13.1 Å². The number of ketones is 1. The van der Waals surface area contributed by atoms with Crippen molar-refractivity contribution in [3.8, 4) is 0 Å². The molecule has 4 heteroatoms. The van der Waals surface area contributed by atoms with Crippen LogP contribution in [0, 0.1) is 23.5 Å². The Morgan fingerprint density at radius 3 is 1.95 bits per heavy atom. The molecule has 0 amide bonds. The average molecular weight is 297 g/mol. The molecule has 1 aromatic carbocycles. The van der Waals surface area contributed by atoms with E-state index in [4.69, 9.17) is 0 Å². The molecule has 0 N–H and O–H groups in total. The Hall–Kier alpha value is -1.29. The summed E-state index contributed by atoms with van der Waals surface area (Å²) >= 11 is 0. The number of halogens is 2. The van der Waals surface area contributed by atoms with Gasteiger partial charge in [-0.3, -0.25) is 9.69 Å². The van der Waals surface area contributed by atoms with Gasteiger partial charge in [-0.1, -0.05) is 27.7 Å². The van der Waals surface area contributed by atoms with Crippen LogP contribution < -0.4 is 0 Å². The largest absolute Gasteiger partial charge is 0.293 e. The molecule has 2 nitrogen and oxygen atoms in total. The molecule has 0 aromatic heterocycles. The number of Topliss-reactive ketones (excluding diaryl/α,β-unsaturated/α-hetero) is 1. The topological polar surface area (TPSA) is 20.3 Å². The van der Waals surface area contributed by atoms with Gasteiger partial charge in [0.25, 0.3) is 0 Å². The van der Waals surface area contributed by atoms with Crippen LogP contribution in [0.25, 0.3) is 0 Å². The molecule has 0 fully saturated rings. The predicted octanol–water partition coefficient (Wildman–Crippen LogP) is 4.15. The first-order valence-corrected chi connectivity index (χ1v) is 7.45. The number of carbonyl (C=O) groups is 1. The maximum atomic E-state index is 13.3. The molecule has 0 saturated heterocycles. The Bertz CT molecular complexity index is 476. The van der Waals surface area contributed by atoms with Crippen molar-refractivity contribution < 1.29 is 13.6 Å². The van der Waals surface area contributed by atoms with Crippen LogP contribution in [-0.2, 0) is 0 Å². The van der Waals surface area contributed by atoms with Crippen molar-refractivity contribution in [1.29, 1.82) is 0 Å². The zero-order valence-corrected chi connectivity index (χ0v) is 13.5. The molecule has 21 heavy (non-hydrogen) atoms. The highest BCUT2D eigenvalue weighted by atomic mass is 19.2. The van der Waals surface area contributed by atoms with Crippen molar-refractivity contribution in [3.05, 3.63) is 35.4 Å². The Morgan fingerprint density at radius 1 is 1.00 bits per heavy atom. The molecule has 0 spiro atoms. The van der Waals surface area contributed by atoms with E-state index in [1.165, 1.54) is 6.07 Å². The summed E-state index contributed by atoms with van der Waals surface area (Å²) in [5, 5.41) is 0. The number of carbonyl (C=O) groups excluding carboxylic acids is 1. The quantitative estimate of drug-likeness (QED) is 0.705. The van der Waals surface area contributed by atoms with Crippen LogP contribution in [0.2, 0.25) is 0 Å². The molecular formula is C17H25F2NO. The summed E-state index contributed by atoms with van der Waals surface area (Å²) in [6, 6.07) is 2.99. The monoisotopic (exact) mass is 297 g/mol. The van der Waals surface area contributed by atoms with Gasteiger partial charge in [0.1, 0.15) is 0 Å². The first-order valence-electron chi connectivity index (χ1n) is 7.45. The van der Waals surface area contributed by atoms with Crippen LogP contribution in [-0.4, -0.2) is 29.8 Å². The summed E-state index contributed by atoms with van der Waals surface area (Å²) < 4.78 is 26.3. The highest BCUT2D eigenvalue weighted by Gasteiger charge is 2.24. The third-order valence-corrected chi connectivity index (χ3v) is 3.33. The molecule has 0 aliphatic carbocycles. The van der Waals surface area contributed by atoms with Crippen molar-refractivity contribution in [2.24, 2.45) is 11.8 Å². The summed E-state index contributed by atoms with van der Waals surface area (Å²) in [4.78, 5) is 14.6. The van der Waals surface area contributed by atoms with Gasteiger partial charge >= 0.3 is 0 Å². The highest BCUT2D eigenvalue weighted by molar-refractivity contribution is 5.99. The second-order valence-electron chi connectivity index (χ2n) is 6.41. The first-order chi connectivity index (χ1) is 9.72. The van der Waals surface area contributed by atoms with Crippen LogP contribution in [0.1, 0.15) is 45.0 Å². The number of benzene rings is 1. The van der Waals surface area contributed by atoms with Gasteiger partial charge in [-0.25, -0.2) is 8.78 Å². The number of rotatable bonds is 7. The van der Waals surface area contributed by atoms with Gasteiger partial charge in [-0.2, -0.15) is 0 Å². The van der Waals surface area contributed by atoms with E-state index in [1.807, 2.05) is 6.92 Å². The fourth-order valence-electron chi connectivity index (χ4n) is 2.39. The third-order valence-electron chi connectivity index (χ3n) is 3.33. The van der Waals surface area contributed by atoms with E-state index in [-0.39, 0.29) is 17.4 Å². The normalized spacial score (nSPS) is 13.2. The first kappa shape index (κ1) is 17.8. The lowest BCUT2D eigenvalue weighted by molar-refractivity contribution is 0.0801. The van der Waals surface area contributed by atoms with Crippen molar-refractivity contribution in [1.82, 2.24) is 4.90 Å². The van der Waals surface area contributed by atoms with Gasteiger partial charge in [-0.05, 0) is 37.0 Å². The predicted molar refractivity (Wildman–Crippen MR) is 81.4 cm³/mol. The lowest BCUT2D eigenvalue weighted by atomic mass is 10.0. The molecule has 1 atom stereocenters. The summed E-state index contributed by atoms with van der Waals surface area (Å²) in [7, 11) is 0. The van der Waals surface area contributed by atoms with Crippen molar-refractivity contribution in [2.45, 2.75) is 40.7 Å². The maximum Gasteiger partial charge on any atom is 0.179 e. The average Bonchev–Trinajstić information content (AvgIpc) is 2.38. The SMILES string of the molecule is CC(C)CN(CC(C)C)C(C)C(=O)c1ccc(F)c(F)c1. The van der Waals surface area contributed by atoms with Crippen molar-refractivity contribution >= 4 is 5.78 Å². The Labute approximate surface area is 126 Å². The summed E-state index contributed by atoms with van der Waals surface area (Å²) in [6.07, 6.45) is 0. The van der Waals surface area contributed by atoms with Gasteiger partial charge < -0.3 is 0 Å². The number of nitrogens with zero attached hydrogens (tertiary/aromatic N) is 1. The molecule has 0 saturated carbocycles. The summed E-state index contributed by atoms with van der Waals surface area (Å²) in [5.74, 6) is -1.21. The molecule has 0 heterocycles. The van der Waals surface area contributed by atoms with Crippen LogP contribution >= 0.6 is 0 Å². The van der Waals surface area contributed by atoms with E-state index in [9.17, 15) is 13.6 Å². The lowest BCUT2D eigenvalue weighted by Crippen LogP contribution is -2.43. The molecule has 1 unspecified atom stereocenters. The Kier molecular flexibility index (Phi) is 6.46. The highest BCUT2D eigenvalue weighted by Crippen LogP contribution is 2.15. The zero-order valence-electron chi connectivity index (χ0n) is 13.5. The van der Waals surface area contributed by atoms with E-state index in [1.54, 1.807) is 0 Å². The fourth-order valence-corrected chi connectivity index (χ4v) is 2.39. The van der Waals surface area contributed by atoms with Gasteiger partial charge in [0.2, 0.25) is 0 Å². The lowest BCUT2D eigenvalue weighted by Gasteiger charge is -2.31. The van der Waals surface area contributed by atoms with Gasteiger partial charge in [0.05, 0.1) is 6.04 Å². The Balaban J connectivity index is 2.92. The second-order valence-corrected chi connectivity index (χ2v) is 6.41. The van der Waals surface area contributed by atoms with Crippen LogP contribution in [0.4, 0.5) is 8.78 Å². The minimum atomic E-state index is -0.979. The van der Waals surface area contributed by atoms with Crippen LogP contribution in [0.15, 0.2) is 18.2 Å². The molecule has 0 radical (unpaired) electrons. The smallest absolute Gasteiger partial charge is 0.179 e. The Morgan fingerprint density at radius 2 is 1.52 bits per heavy atom. The fraction of sp³-hybridized carbons (Fsp3) is 0.588. The standard InChI is InChI=1S/C17H25F2NO/c1-11(2)9-20(10-12(3)4)13(5)17(21)14-6-7-15(18)16(19)8-14/h6-8,11-13H,9-10H2,1-5H3. The van der Waals surface area contributed by atoms with E-state index in [2.05, 4.69) is 32.6 Å². The second kappa shape index (κ2) is 7.64. The van der Waals surface area contributed by atoms with Crippen molar-refractivity contribution in [3.63, 3.8) is 0 Å². The van der Waals surface area contributed by atoms with E-state index >= 15 is 0 Å². The molecule has 0 aliphatic heterocycles.